The molecule has 0 fully saturated rings. The lowest BCUT2D eigenvalue weighted by molar-refractivity contribution is -0.137. The van der Waals surface area contributed by atoms with Crippen molar-refractivity contribution < 1.29 is 9.53 Å². The van der Waals surface area contributed by atoms with E-state index in [1.807, 2.05) is 55.5 Å². The molecule has 0 N–H and O–H groups in total. The second-order valence-electron chi connectivity index (χ2n) is 8.24. The van der Waals surface area contributed by atoms with E-state index in [0.717, 1.165) is 45.4 Å². The Kier molecular flexibility index (Phi) is 5.98. The SMILES string of the molecule is CC(=O)OC1=C2C(=Nc3cc(C)ccc3N2c2ccc(Cl)cc2)CC(=Nc2ccc(Cl)cc2)C1. The summed E-state index contributed by atoms with van der Waals surface area (Å²) in [7, 11) is 0. The van der Waals surface area contributed by atoms with Gasteiger partial charge in [-0.1, -0.05) is 29.3 Å². The van der Waals surface area contributed by atoms with E-state index in [-0.39, 0.29) is 5.97 Å². The number of aliphatic imine (C=N–C) groups is 2. The topological polar surface area (TPSA) is 54.3 Å². The molecule has 5 rings (SSSR count). The maximum absolute atomic E-state index is 12.1. The van der Waals surface area contributed by atoms with Crippen molar-refractivity contribution in [3.05, 3.63) is 93.8 Å². The molecule has 3 aromatic rings. The summed E-state index contributed by atoms with van der Waals surface area (Å²) in [6.07, 6.45) is 0.919. The van der Waals surface area contributed by atoms with Crippen molar-refractivity contribution >= 4 is 63.3 Å². The van der Waals surface area contributed by atoms with Gasteiger partial charge in [0.2, 0.25) is 0 Å². The summed E-state index contributed by atoms with van der Waals surface area (Å²) in [6.45, 7) is 3.44. The van der Waals surface area contributed by atoms with Gasteiger partial charge in [0.25, 0.3) is 0 Å². The van der Waals surface area contributed by atoms with E-state index >= 15 is 0 Å². The molecule has 0 saturated carbocycles. The lowest BCUT2D eigenvalue weighted by atomic mass is 9.94. The molecule has 1 heterocycles. The van der Waals surface area contributed by atoms with E-state index in [2.05, 4.69) is 11.0 Å². The first-order valence-electron chi connectivity index (χ1n) is 10.9. The summed E-state index contributed by atoms with van der Waals surface area (Å²) >= 11 is 12.2. The Morgan fingerprint density at radius 2 is 1.65 bits per heavy atom. The van der Waals surface area contributed by atoms with Gasteiger partial charge >= 0.3 is 5.97 Å². The number of nitrogens with zero attached hydrogens (tertiary/aromatic N) is 3. The zero-order chi connectivity index (χ0) is 23.8. The summed E-state index contributed by atoms with van der Waals surface area (Å²) in [5.41, 5.74) is 6.98. The molecule has 7 heteroatoms. The van der Waals surface area contributed by atoms with Crippen LogP contribution in [0.2, 0.25) is 10.0 Å². The summed E-state index contributed by atoms with van der Waals surface area (Å²) in [5.74, 6) is 0.131. The molecule has 0 aromatic heterocycles. The molecule has 34 heavy (non-hydrogen) atoms. The van der Waals surface area contributed by atoms with E-state index in [1.54, 1.807) is 12.1 Å². The van der Waals surface area contributed by atoms with Crippen molar-refractivity contribution in [2.24, 2.45) is 9.98 Å². The van der Waals surface area contributed by atoms with Gasteiger partial charge in [0.05, 0.1) is 22.8 Å². The molecule has 1 aliphatic heterocycles. The largest absolute Gasteiger partial charge is 0.429 e. The molecule has 170 valence electrons. The van der Waals surface area contributed by atoms with Crippen LogP contribution in [0, 0.1) is 6.92 Å². The number of carbonyl (C=O) groups excluding carboxylic acids is 1. The number of allylic oxidation sites excluding steroid dienone is 2. The maximum atomic E-state index is 12.1. The van der Waals surface area contributed by atoms with Gasteiger partial charge in [-0.15, -0.1) is 0 Å². The van der Waals surface area contributed by atoms with Crippen molar-refractivity contribution in [3.63, 3.8) is 0 Å². The lowest BCUT2D eigenvalue weighted by Gasteiger charge is -2.36. The number of anilines is 2. The minimum Gasteiger partial charge on any atom is -0.429 e. The van der Waals surface area contributed by atoms with Crippen LogP contribution in [0.25, 0.3) is 0 Å². The van der Waals surface area contributed by atoms with Crippen molar-refractivity contribution in [1.82, 2.24) is 0 Å². The maximum Gasteiger partial charge on any atom is 0.307 e. The zero-order valence-electron chi connectivity index (χ0n) is 18.7. The van der Waals surface area contributed by atoms with Gasteiger partial charge in [-0.25, -0.2) is 4.99 Å². The Labute approximate surface area is 208 Å². The third kappa shape index (κ3) is 4.49. The van der Waals surface area contributed by atoms with Gasteiger partial charge in [0.15, 0.2) is 0 Å². The van der Waals surface area contributed by atoms with E-state index in [1.165, 1.54) is 6.92 Å². The average Bonchev–Trinajstić information content (AvgIpc) is 2.79. The van der Waals surface area contributed by atoms with Crippen LogP contribution in [0.15, 0.2) is 88.2 Å². The molecule has 0 unspecified atom stereocenters. The number of rotatable bonds is 3. The Morgan fingerprint density at radius 3 is 2.32 bits per heavy atom. The molecule has 0 spiro atoms. The first kappa shape index (κ1) is 22.4. The van der Waals surface area contributed by atoms with Crippen LogP contribution in [0.1, 0.15) is 25.3 Å². The van der Waals surface area contributed by atoms with Crippen LogP contribution in [0.5, 0.6) is 0 Å². The fourth-order valence-corrected chi connectivity index (χ4v) is 4.44. The molecule has 0 atom stereocenters. The molecule has 2 aliphatic rings. The molecule has 0 amide bonds. The van der Waals surface area contributed by atoms with Gasteiger partial charge in [-0.3, -0.25) is 9.79 Å². The molecule has 3 aromatic carbocycles. The molecular formula is C27H21Cl2N3O2. The predicted molar refractivity (Wildman–Crippen MR) is 138 cm³/mol. The average molecular weight is 490 g/mol. The minimum absolute atomic E-state index is 0.389. The van der Waals surface area contributed by atoms with E-state index < -0.39 is 0 Å². The molecule has 0 bridgehead atoms. The Bertz CT molecular complexity index is 1370. The van der Waals surface area contributed by atoms with Crippen molar-refractivity contribution in [3.8, 4) is 0 Å². The number of hydrogen-bond acceptors (Lipinski definition) is 5. The second-order valence-corrected chi connectivity index (χ2v) is 9.11. The minimum atomic E-state index is -0.389. The first-order valence-corrected chi connectivity index (χ1v) is 11.6. The zero-order valence-corrected chi connectivity index (χ0v) is 20.2. The summed E-state index contributed by atoms with van der Waals surface area (Å²) in [5, 5.41) is 1.30. The van der Waals surface area contributed by atoms with Crippen LogP contribution >= 0.6 is 23.2 Å². The number of ether oxygens (including phenoxy) is 1. The van der Waals surface area contributed by atoms with Gasteiger partial charge in [-0.2, -0.15) is 0 Å². The predicted octanol–water partition coefficient (Wildman–Crippen LogP) is 7.87. The first-order chi connectivity index (χ1) is 16.4. The standard InChI is InChI=1S/C27H21Cl2N3O2/c1-16-3-12-25-23(13-16)31-24-14-21(30-20-8-4-18(28)5-9-20)15-26(34-17(2)33)27(24)32(25)22-10-6-19(29)7-11-22/h3-13H,14-15H2,1-2H3. The highest BCUT2D eigenvalue weighted by Crippen LogP contribution is 2.45. The van der Waals surface area contributed by atoms with Crippen LogP contribution in [0.3, 0.4) is 0 Å². The fraction of sp³-hybridized carbons (Fsp3) is 0.148. The fourth-order valence-electron chi connectivity index (χ4n) is 4.19. The normalized spacial score (nSPS) is 16.2. The Morgan fingerprint density at radius 1 is 0.971 bits per heavy atom. The number of halogens is 2. The van der Waals surface area contributed by atoms with E-state index in [9.17, 15) is 4.79 Å². The van der Waals surface area contributed by atoms with Crippen LogP contribution < -0.4 is 4.90 Å². The number of carbonyl (C=O) groups is 1. The number of esters is 1. The Balaban J connectivity index is 1.69. The summed E-state index contributed by atoms with van der Waals surface area (Å²) < 4.78 is 5.75. The quantitative estimate of drug-likeness (QED) is 0.351. The third-order valence-corrected chi connectivity index (χ3v) is 6.09. The molecule has 0 radical (unpaired) electrons. The molecule has 0 saturated heterocycles. The van der Waals surface area contributed by atoms with Gasteiger partial charge in [-0.05, 0) is 73.2 Å². The number of fused-ring (bicyclic) bond motifs is 2. The van der Waals surface area contributed by atoms with E-state index in [0.29, 0.717) is 28.6 Å². The highest BCUT2D eigenvalue weighted by molar-refractivity contribution is 6.31. The van der Waals surface area contributed by atoms with Gasteiger partial charge in [0, 0.05) is 41.2 Å². The molecular weight excluding hydrogens is 469 g/mol. The van der Waals surface area contributed by atoms with Crippen molar-refractivity contribution in [2.75, 3.05) is 4.90 Å². The molecule has 5 nitrogen and oxygen atoms in total. The van der Waals surface area contributed by atoms with Crippen molar-refractivity contribution in [1.29, 1.82) is 0 Å². The lowest BCUT2D eigenvalue weighted by Crippen LogP contribution is -2.33. The highest BCUT2D eigenvalue weighted by atomic mass is 35.5. The monoisotopic (exact) mass is 489 g/mol. The van der Waals surface area contributed by atoms with Gasteiger partial charge in [0.1, 0.15) is 11.5 Å². The number of benzene rings is 3. The third-order valence-electron chi connectivity index (χ3n) is 5.59. The Hall–Kier alpha value is -3.41. The number of hydrogen-bond donors (Lipinski definition) is 0. The van der Waals surface area contributed by atoms with Gasteiger partial charge < -0.3 is 9.64 Å². The van der Waals surface area contributed by atoms with Crippen molar-refractivity contribution in [2.45, 2.75) is 26.7 Å². The van der Waals surface area contributed by atoms with Crippen LogP contribution in [-0.4, -0.2) is 17.4 Å². The second kappa shape index (κ2) is 9.09. The van der Waals surface area contributed by atoms with Crippen LogP contribution in [0.4, 0.5) is 22.7 Å². The van der Waals surface area contributed by atoms with Crippen LogP contribution in [-0.2, 0) is 9.53 Å². The summed E-state index contributed by atoms with van der Waals surface area (Å²) in [4.78, 5) is 24.0. The summed E-state index contributed by atoms with van der Waals surface area (Å²) in [6, 6.07) is 21.1. The smallest absolute Gasteiger partial charge is 0.307 e. The number of aryl methyl sites for hydroxylation is 1. The molecule has 1 aliphatic carbocycles. The van der Waals surface area contributed by atoms with E-state index in [4.69, 9.17) is 37.9 Å². The highest BCUT2D eigenvalue weighted by Gasteiger charge is 2.35.